The second-order valence-corrected chi connectivity index (χ2v) is 6.37. The van der Waals surface area contributed by atoms with E-state index >= 15 is 0 Å². The first kappa shape index (κ1) is 19.9. The van der Waals surface area contributed by atoms with Crippen LogP contribution in [0.4, 0.5) is 5.69 Å². The number of carbonyl (C=O) groups is 2. The molecule has 0 saturated carbocycles. The molecule has 29 heavy (non-hydrogen) atoms. The Labute approximate surface area is 169 Å². The Kier molecular flexibility index (Phi) is 6.84. The van der Waals surface area contributed by atoms with Crippen LogP contribution in [0.1, 0.15) is 21.5 Å². The summed E-state index contributed by atoms with van der Waals surface area (Å²) < 4.78 is 10.8. The van der Waals surface area contributed by atoms with Crippen molar-refractivity contribution >= 4 is 17.6 Å². The van der Waals surface area contributed by atoms with E-state index < -0.39 is 5.97 Å². The number of hydrogen-bond acceptors (Lipinski definition) is 5. The smallest absolute Gasteiger partial charge is 0.338 e. The maximum absolute atomic E-state index is 12.3. The van der Waals surface area contributed by atoms with Gasteiger partial charge in [-0.2, -0.15) is 0 Å². The molecule has 3 aromatic rings. The van der Waals surface area contributed by atoms with Gasteiger partial charge in [0.1, 0.15) is 12.4 Å². The Morgan fingerprint density at radius 1 is 0.862 bits per heavy atom. The minimum absolute atomic E-state index is 0.169. The van der Waals surface area contributed by atoms with Crippen LogP contribution in [0.2, 0.25) is 0 Å². The second-order valence-electron chi connectivity index (χ2n) is 6.37. The highest BCUT2D eigenvalue weighted by molar-refractivity contribution is 5.90. The molecule has 148 valence electrons. The van der Waals surface area contributed by atoms with Gasteiger partial charge in [-0.1, -0.05) is 60.7 Å². The monoisotopic (exact) mass is 390 g/mol. The molecule has 0 aliphatic rings. The summed E-state index contributed by atoms with van der Waals surface area (Å²) in [7, 11) is 0. The highest BCUT2D eigenvalue weighted by Gasteiger charge is 2.12. The Morgan fingerprint density at radius 3 is 2.21 bits per heavy atom. The van der Waals surface area contributed by atoms with Crippen molar-refractivity contribution in [2.75, 3.05) is 12.3 Å². The number of nitrogen functional groups attached to an aromatic ring is 1. The first-order valence-electron chi connectivity index (χ1n) is 9.16. The fraction of sp³-hybridized carbons (Fsp3) is 0.130. The van der Waals surface area contributed by atoms with Gasteiger partial charge < -0.3 is 20.5 Å². The lowest BCUT2D eigenvalue weighted by molar-refractivity contribution is -0.123. The average Bonchev–Trinajstić information content (AvgIpc) is 2.77. The van der Waals surface area contributed by atoms with Gasteiger partial charge in [0, 0.05) is 6.54 Å². The molecular weight excluding hydrogens is 368 g/mol. The number of hydrogen-bond donors (Lipinski definition) is 2. The van der Waals surface area contributed by atoms with E-state index in [2.05, 4.69) is 5.32 Å². The molecule has 3 N–H and O–H groups in total. The van der Waals surface area contributed by atoms with Crippen LogP contribution in [0.3, 0.4) is 0 Å². The number of carbonyl (C=O) groups excluding carboxylic acids is 2. The van der Waals surface area contributed by atoms with Crippen LogP contribution in [0, 0.1) is 0 Å². The summed E-state index contributed by atoms with van der Waals surface area (Å²) in [5.41, 5.74) is 8.41. The van der Waals surface area contributed by atoms with Crippen LogP contribution in [-0.4, -0.2) is 18.5 Å². The molecule has 3 aromatic carbocycles. The molecule has 0 aromatic heterocycles. The lowest BCUT2D eigenvalue weighted by atomic mass is 10.2. The molecule has 1 amide bonds. The topological polar surface area (TPSA) is 90.7 Å². The molecular formula is C23H22N2O4. The Bertz CT molecular complexity index is 959. The third-order valence-corrected chi connectivity index (χ3v) is 4.15. The first-order chi connectivity index (χ1) is 14.1. The lowest BCUT2D eigenvalue weighted by Crippen LogP contribution is -2.28. The van der Waals surface area contributed by atoms with Crippen molar-refractivity contribution in [2.45, 2.75) is 13.2 Å². The molecule has 0 aliphatic heterocycles. The van der Waals surface area contributed by atoms with E-state index in [0.29, 0.717) is 17.8 Å². The highest BCUT2D eigenvalue weighted by atomic mass is 16.5. The van der Waals surface area contributed by atoms with Gasteiger partial charge in [-0.05, 0) is 29.3 Å². The van der Waals surface area contributed by atoms with Crippen molar-refractivity contribution in [2.24, 2.45) is 0 Å². The minimum atomic E-state index is -0.493. The highest BCUT2D eigenvalue weighted by Crippen LogP contribution is 2.23. The molecule has 0 spiro atoms. The lowest BCUT2D eigenvalue weighted by Gasteiger charge is -2.11. The van der Waals surface area contributed by atoms with E-state index in [0.717, 1.165) is 11.1 Å². The van der Waals surface area contributed by atoms with Crippen LogP contribution >= 0.6 is 0 Å². The van der Waals surface area contributed by atoms with Crippen molar-refractivity contribution < 1.29 is 19.1 Å². The van der Waals surface area contributed by atoms with Crippen LogP contribution < -0.4 is 15.8 Å². The van der Waals surface area contributed by atoms with Gasteiger partial charge in [-0.3, -0.25) is 4.79 Å². The fourth-order valence-corrected chi connectivity index (χ4v) is 2.58. The van der Waals surface area contributed by atoms with Gasteiger partial charge >= 0.3 is 5.97 Å². The van der Waals surface area contributed by atoms with E-state index in [9.17, 15) is 9.59 Å². The van der Waals surface area contributed by atoms with E-state index in [1.54, 1.807) is 12.1 Å². The summed E-state index contributed by atoms with van der Waals surface area (Å²) >= 11 is 0. The van der Waals surface area contributed by atoms with Crippen LogP contribution in [0.15, 0.2) is 78.9 Å². The molecule has 0 radical (unpaired) electrons. The predicted octanol–water partition coefficient (Wildman–Crippen LogP) is 3.32. The average molecular weight is 390 g/mol. The molecule has 0 aliphatic carbocycles. The minimum Gasteiger partial charge on any atom is -0.482 e. The number of nitrogens with two attached hydrogens (primary N) is 1. The summed E-state index contributed by atoms with van der Waals surface area (Å²) in [4.78, 5) is 24.3. The van der Waals surface area contributed by atoms with Gasteiger partial charge in [0.05, 0.1) is 11.3 Å². The number of benzene rings is 3. The molecule has 0 saturated heterocycles. The Morgan fingerprint density at radius 2 is 1.52 bits per heavy atom. The van der Waals surface area contributed by atoms with E-state index in [1.807, 2.05) is 60.7 Å². The van der Waals surface area contributed by atoms with Crippen molar-refractivity contribution in [1.82, 2.24) is 5.32 Å². The maximum atomic E-state index is 12.3. The number of rotatable bonds is 8. The molecule has 0 unspecified atom stereocenters. The zero-order chi connectivity index (χ0) is 20.5. The third kappa shape index (κ3) is 6.10. The quantitative estimate of drug-likeness (QED) is 0.455. The van der Waals surface area contributed by atoms with Crippen molar-refractivity contribution in [3.05, 3.63) is 95.6 Å². The molecule has 0 fully saturated rings. The number of esters is 1. The SMILES string of the molecule is Nc1ccc(C(=O)OCc2ccccc2)cc1OCC(=O)NCc1ccccc1. The predicted molar refractivity (Wildman–Crippen MR) is 110 cm³/mol. The molecule has 0 bridgehead atoms. The van der Waals surface area contributed by atoms with Crippen LogP contribution in [0.5, 0.6) is 5.75 Å². The standard InChI is InChI=1S/C23H22N2O4/c24-20-12-11-19(23(27)29-15-18-9-5-2-6-10-18)13-21(20)28-16-22(26)25-14-17-7-3-1-4-8-17/h1-13H,14-16,24H2,(H,25,26). The summed E-state index contributed by atoms with van der Waals surface area (Å²) in [6.45, 7) is 0.367. The zero-order valence-electron chi connectivity index (χ0n) is 15.8. The van der Waals surface area contributed by atoms with Crippen LogP contribution in [-0.2, 0) is 22.7 Å². The summed E-state index contributed by atoms with van der Waals surface area (Å²) in [5.74, 6) is -0.522. The van der Waals surface area contributed by atoms with Gasteiger partial charge in [-0.15, -0.1) is 0 Å². The molecule has 6 nitrogen and oxygen atoms in total. The third-order valence-electron chi connectivity index (χ3n) is 4.15. The van der Waals surface area contributed by atoms with Gasteiger partial charge in [0.15, 0.2) is 6.61 Å². The van der Waals surface area contributed by atoms with Crippen molar-refractivity contribution in [3.63, 3.8) is 0 Å². The fourth-order valence-electron chi connectivity index (χ4n) is 2.58. The van der Waals surface area contributed by atoms with Crippen molar-refractivity contribution in [1.29, 1.82) is 0 Å². The van der Waals surface area contributed by atoms with E-state index in [4.69, 9.17) is 15.2 Å². The first-order valence-corrected chi connectivity index (χ1v) is 9.16. The van der Waals surface area contributed by atoms with Gasteiger partial charge in [0.2, 0.25) is 0 Å². The number of ether oxygens (including phenoxy) is 2. The number of amides is 1. The molecule has 3 rings (SSSR count). The van der Waals surface area contributed by atoms with Gasteiger partial charge in [-0.25, -0.2) is 4.79 Å². The second kappa shape index (κ2) is 9.94. The van der Waals surface area contributed by atoms with Crippen LogP contribution in [0.25, 0.3) is 0 Å². The van der Waals surface area contributed by atoms with E-state index in [1.165, 1.54) is 6.07 Å². The Balaban J connectivity index is 1.53. The Hall–Kier alpha value is -3.80. The molecule has 6 heteroatoms. The molecule has 0 heterocycles. The summed E-state index contributed by atoms with van der Waals surface area (Å²) in [5, 5.41) is 2.77. The summed E-state index contributed by atoms with van der Waals surface area (Å²) in [6.07, 6.45) is 0. The van der Waals surface area contributed by atoms with E-state index in [-0.39, 0.29) is 24.9 Å². The number of nitrogens with one attached hydrogen (secondary N) is 1. The largest absolute Gasteiger partial charge is 0.482 e. The number of anilines is 1. The van der Waals surface area contributed by atoms with Gasteiger partial charge in [0.25, 0.3) is 5.91 Å². The van der Waals surface area contributed by atoms with Crippen molar-refractivity contribution in [3.8, 4) is 5.75 Å². The molecule has 0 atom stereocenters. The zero-order valence-corrected chi connectivity index (χ0v) is 15.8. The maximum Gasteiger partial charge on any atom is 0.338 e. The normalized spacial score (nSPS) is 10.2. The summed E-state index contributed by atoms with van der Waals surface area (Å²) in [6, 6.07) is 23.5.